The number of pyridine rings is 1. The number of hydrogen-bond donors (Lipinski definition) is 1. The standard InChI is InChI=1S/C20H23N3O5/c1-15(28-19(25)14-23-9-3-2-4-18(23)24)20(26)21-16-5-7-17(8-6-16)22-10-12-27-13-11-22/h2-9,15H,10-14H2,1H3,(H,21,26)/t15-/m1/s1. The number of esters is 1. The van der Waals surface area contributed by atoms with E-state index in [9.17, 15) is 14.4 Å². The second kappa shape index (κ2) is 9.18. The van der Waals surface area contributed by atoms with Crippen molar-refractivity contribution in [3.05, 3.63) is 59.0 Å². The number of hydrogen-bond acceptors (Lipinski definition) is 6. The molecule has 148 valence electrons. The third kappa shape index (κ3) is 5.20. The van der Waals surface area contributed by atoms with Gasteiger partial charge in [-0.15, -0.1) is 0 Å². The minimum Gasteiger partial charge on any atom is -0.451 e. The van der Waals surface area contributed by atoms with Gasteiger partial charge in [0, 0.05) is 36.7 Å². The number of morpholine rings is 1. The van der Waals surface area contributed by atoms with Crippen LogP contribution in [-0.2, 0) is 25.6 Å². The summed E-state index contributed by atoms with van der Waals surface area (Å²) in [5.74, 6) is -1.09. The molecule has 1 N–H and O–H groups in total. The summed E-state index contributed by atoms with van der Waals surface area (Å²) in [4.78, 5) is 38.1. The van der Waals surface area contributed by atoms with Gasteiger partial charge in [-0.05, 0) is 37.3 Å². The highest BCUT2D eigenvalue weighted by Gasteiger charge is 2.19. The highest BCUT2D eigenvalue weighted by atomic mass is 16.5. The molecular formula is C20H23N3O5. The van der Waals surface area contributed by atoms with Gasteiger partial charge in [-0.2, -0.15) is 0 Å². The molecule has 28 heavy (non-hydrogen) atoms. The molecule has 1 aromatic carbocycles. The zero-order valence-electron chi connectivity index (χ0n) is 15.7. The average molecular weight is 385 g/mol. The molecule has 1 aromatic heterocycles. The Morgan fingerprint density at radius 1 is 1.14 bits per heavy atom. The van der Waals surface area contributed by atoms with E-state index in [-0.39, 0.29) is 12.1 Å². The van der Waals surface area contributed by atoms with Gasteiger partial charge >= 0.3 is 5.97 Å². The lowest BCUT2D eigenvalue weighted by Crippen LogP contribution is -2.36. The molecule has 0 bridgehead atoms. The maximum absolute atomic E-state index is 12.3. The van der Waals surface area contributed by atoms with Crippen molar-refractivity contribution < 1.29 is 19.1 Å². The lowest BCUT2D eigenvalue weighted by atomic mass is 10.2. The van der Waals surface area contributed by atoms with E-state index >= 15 is 0 Å². The summed E-state index contributed by atoms with van der Waals surface area (Å²) in [6.07, 6.45) is 0.510. The van der Waals surface area contributed by atoms with Gasteiger partial charge in [0.2, 0.25) is 0 Å². The number of carbonyl (C=O) groups is 2. The number of amides is 1. The lowest BCUT2D eigenvalue weighted by molar-refractivity contribution is -0.153. The molecule has 1 saturated heterocycles. The minimum absolute atomic E-state index is 0.245. The predicted octanol–water partition coefficient (Wildman–Crippen LogP) is 1.26. The summed E-state index contributed by atoms with van der Waals surface area (Å²) < 4.78 is 11.7. The van der Waals surface area contributed by atoms with Gasteiger partial charge in [0.05, 0.1) is 13.2 Å². The zero-order chi connectivity index (χ0) is 19.9. The molecule has 1 aliphatic heterocycles. The number of aromatic nitrogens is 1. The van der Waals surface area contributed by atoms with Crippen molar-refractivity contribution in [1.82, 2.24) is 4.57 Å². The van der Waals surface area contributed by atoms with E-state index in [0.717, 1.165) is 18.8 Å². The molecule has 0 spiro atoms. The molecular weight excluding hydrogens is 362 g/mol. The van der Waals surface area contributed by atoms with Gasteiger partial charge < -0.3 is 24.3 Å². The number of ether oxygens (including phenoxy) is 2. The Labute approximate surface area is 162 Å². The molecule has 1 aliphatic rings. The van der Waals surface area contributed by atoms with Crippen molar-refractivity contribution in [2.24, 2.45) is 0 Å². The lowest BCUT2D eigenvalue weighted by Gasteiger charge is -2.28. The van der Waals surface area contributed by atoms with Crippen molar-refractivity contribution in [2.45, 2.75) is 19.6 Å². The van der Waals surface area contributed by atoms with Crippen LogP contribution in [0.2, 0.25) is 0 Å². The fourth-order valence-corrected chi connectivity index (χ4v) is 2.84. The molecule has 0 unspecified atom stereocenters. The molecule has 0 saturated carbocycles. The maximum Gasteiger partial charge on any atom is 0.326 e. The number of nitrogens with zero attached hydrogens (tertiary/aromatic N) is 2. The Bertz CT molecular complexity index is 872. The summed E-state index contributed by atoms with van der Waals surface area (Å²) in [7, 11) is 0. The normalized spacial score (nSPS) is 15.0. The summed E-state index contributed by atoms with van der Waals surface area (Å²) >= 11 is 0. The Kier molecular flexibility index (Phi) is 6.44. The second-order valence-corrected chi connectivity index (χ2v) is 6.43. The fourth-order valence-electron chi connectivity index (χ4n) is 2.84. The molecule has 1 fully saturated rings. The molecule has 8 nitrogen and oxygen atoms in total. The maximum atomic E-state index is 12.3. The average Bonchev–Trinajstić information content (AvgIpc) is 2.71. The zero-order valence-corrected chi connectivity index (χ0v) is 15.7. The first-order valence-electron chi connectivity index (χ1n) is 9.11. The van der Waals surface area contributed by atoms with Crippen molar-refractivity contribution in [1.29, 1.82) is 0 Å². The van der Waals surface area contributed by atoms with Crippen LogP contribution in [0.1, 0.15) is 6.92 Å². The van der Waals surface area contributed by atoms with Gasteiger partial charge in [-0.25, -0.2) is 0 Å². The van der Waals surface area contributed by atoms with Crippen molar-refractivity contribution in [2.75, 3.05) is 36.5 Å². The van der Waals surface area contributed by atoms with Crippen LogP contribution in [0.5, 0.6) is 0 Å². The topological polar surface area (TPSA) is 89.9 Å². The minimum atomic E-state index is -0.981. The molecule has 0 aliphatic carbocycles. The van der Waals surface area contributed by atoms with Gasteiger partial charge in [-0.1, -0.05) is 6.07 Å². The first-order chi connectivity index (χ1) is 13.5. The number of nitrogens with one attached hydrogen (secondary N) is 1. The molecule has 1 atom stereocenters. The van der Waals surface area contributed by atoms with Gasteiger partial charge in [-0.3, -0.25) is 14.4 Å². The van der Waals surface area contributed by atoms with Crippen molar-refractivity contribution >= 4 is 23.3 Å². The fraction of sp³-hybridized carbons (Fsp3) is 0.350. The first-order valence-corrected chi connectivity index (χ1v) is 9.11. The van der Waals surface area contributed by atoms with E-state index in [4.69, 9.17) is 9.47 Å². The van der Waals surface area contributed by atoms with Crippen LogP contribution in [0.4, 0.5) is 11.4 Å². The third-order valence-corrected chi connectivity index (χ3v) is 4.39. The van der Waals surface area contributed by atoms with Crippen LogP contribution in [-0.4, -0.2) is 48.9 Å². The molecule has 3 rings (SSSR count). The van der Waals surface area contributed by atoms with Crippen LogP contribution in [0, 0.1) is 0 Å². The van der Waals surface area contributed by atoms with Crippen LogP contribution in [0.25, 0.3) is 0 Å². The smallest absolute Gasteiger partial charge is 0.326 e. The highest BCUT2D eigenvalue weighted by molar-refractivity contribution is 5.95. The van der Waals surface area contributed by atoms with E-state index in [0.29, 0.717) is 18.9 Å². The number of rotatable bonds is 6. The highest BCUT2D eigenvalue weighted by Crippen LogP contribution is 2.19. The molecule has 0 radical (unpaired) electrons. The SMILES string of the molecule is C[C@@H](OC(=O)Cn1ccccc1=O)C(=O)Nc1ccc(N2CCOCC2)cc1. The van der Waals surface area contributed by atoms with E-state index in [1.54, 1.807) is 24.3 Å². The van der Waals surface area contributed by atoms with Gasteiger partial charge in [0.15, 0.2) is 6.10 Å². The first kappa shape index (κ1) is 19.6. The second-order valence-electron chi connectivity index (χ2n) is 6.43. The largest absolute Gasteiger partial charge is 0.451 e. The molecule has 2 aromatic rings. The Morgan fingerprint density at radius 2 is 1.86 bits per heavy atom. The monoisotopic (exact) mass is 385 g/mol. The predicted molar refractivity (Wildman–Crippen MR) is 104 cm³/mol. The summed E-state index contributed by atoms with van der Waals surface area (Å²) in [5.41, 5.74) is 1.37. The van der Waals surface area contributed by atoms with E-state index in [1.165, 1.54) is 23.8 Å². The molecule has 1 amide bonds. The number of anilines is 2. The molecule has 2 heterocycles. The van der Waals surface area contributed by atoms with Crippen molar-refractivity contribution in [3.8, 4) is 0 Å². The number of benzene rings is 1. The van der Waals surface area contributed by atoms with E-state index < -0.39 is 18.0 Å². The van der Waals surface area contributed by atoms with Gasteiger partial charge in [0.25, 0.3) is 11.5 Å². The van der Waals surface area contributed by atoms with Crippen LogP contribution in [0.3, 0.4) is 0 Å². The van der Waals surface area contributed by atoms with Crippen molar-refractivity contribution in [3.63, 3.8) is 0 Å². The Balaban J connectivity index is 1.51. The molecule has 8 heteroatoms. The van der Waals surface area contributed by atoms with E-state index in [2.05, 4.69) is 10.2 Å². The van der Waals surface area contributed by atoms with Gasteiger partial charge in [0.1, 0.15) is 6.54 Å². The Morgan fingerprint density at radius 3 is 2.54 bits per heavy atom. The van der Waals surface area contributed by atoms with Crippen LogP contribution in [0.15, 0.2) is 53.5 Å². The summed E-state index contributed by atoms with van der Waals surface area (Å²) in [6, 6.07) is 12.1. The summed E-state index contributed by atoms with van der Waals surface area (Å²) in [6.45, 7) is 4.33. The number of carbonyl (C=O) groups excluding carboxylic acids is 2. The Hall–Kier alpha value is -3.13. The van der Waals surface area contributed by atoms with E-state index in [1.807, 2.05) is 12.1 Å². The summed E-state index contributed by atoms with van der Waals surface area (Å²) in [5, 5.41) is 2.72. The van der Waals surface area contributed by atoms with Crippen LogP contribution < -0.4 is 15.8 Å². The van der Waals surface area contributed by atoms with Crippen LogP contribution >= 0.6 is 0 Å². The quantitative estimate of drug-likeness (QED) is 0.753. The third-order valence-electron chi connectivity index (χ3n) is 4.39.